The molecule has 1 heterocycles. The third kappa shape index (κ3) is 3.96. The van der Waals surface area contributed by atoms with Gasteiger partial charge in [0.15, 0.2) is 0 Å². The summed E-state index contributed by atoms with van der Waals surface area (Å²) in [6.07, 6.45) is 3.94. The first-order valence-electron chi connectivity index (χ1n) is 5.91. The van der Waals surface area contributed by atoms with Crippen molar-refractivity contribution in [1.82, 2.24) is 14.9 Å². The van der Waals surface area contributed by atoms with Crippen LogP contribution in [-0.4, -0.2) is 27.1 Å². The smallest absolute Gasteiger partial charge is 0.240 e. The fraction of sp³-hybridized carbons (Fsp3) is 0.231. The Kier molecular flexibility index (Phi) is 5.00. The van der Waals surface area contributed by atoms with E-state index in [4.69, 9.17) is 23.2 Å². The Morgan fingerprint density at radius 1 is 1.45 bits per heavy atom. The van der Waals surface area contributed by atoms with Crippen molar-refractivity contribution in [3.63, 3.8) is 0 Å². The monoisotopic (exact) mass is 313 g/mol. The Balaban J connectivity index is 1.88. The van der Waals surface area contributed by atoms with Crippen LogP contribution in [-0.2, 0) is 11.3 Å². The molecular formula is C13H13Cl2N3O2. The van der Waals surface area contributed by atoms with Gasteiger partial charge in [0.1, 0.15) is 6.54 Å². The highest BCUT2D eigenvalue weighted by molar-refractivity contribution is 6.35. The second-order valence-electron chi connectivity index (χ2n) is 4.22. The first kappa shape index (κ1) is 14.8. The van der Waals surface area contributed by atoms with Crippen LogP contribution in [0.1, 0.15) is 11.7 Å². The minimum Gasteiger partial charge on any atom is -0.387 e. The Labute approximate surface area is 126 Å². The van der Waals surface area contributed by atoms with Crippen LogP contribution in [0.4, 0.5) is 0 Å². The van der Waals surface area contributed by atoms with Crippen LogP contribution in [0.5, 0.6) is 0 Å². The molecule has 0 saturated carbocycles. The number of halogens is 2. The van der Waals surface area contributed by atoms with Gasteiger partial charge in [-0.25, -0.2) is 4.98 Å². The lowest BCUT2D eigenvalue weighted by Gasteiger charge is -2.14. The number of hydrogen-bond donors (Lipinski definition) is 2. The maximum Gasteiger partial charge on any atom is 0.240 e. The minimum atomic E-state index is -0.883. The highest BCUT2D eigenvalue weighted by Gasteiger charge is 2.13. The number of nitrogens with zero attached hydrogens (tertiary/aromatic N) is 2. The molecule has 1 amide bonds. The molecule has 106 valence electrons. The summed E-state index contributed by atoms with van der Waals surface area (Å²) >= 11 is 11.8. The maximum absolute atomic E-state index is 11.7. The lowest BCUT2D eigenvalue weighted by Crippen LogP contribution is -2.31. The number of carbonyl (C=O) groups is 1. The number of benzene rings is 1. The molecule has 2 aromatic rings. The predicted molar refractivity (Wildman–Crippen MR) is 76.7 cm³/mol. The average molecular weight is 314 g/mol. The van der Waals surface area contributed by atoms with Crippen LogP contribution in [0.3, 0.4) is 0 Å². The molecule has 5 nitrogen and oxygen atoms in total. The van der Waals surface area contributed by atoms with E-state index in [9.17, 15) is 9.90 Å². The van der Waals surface area contributed by atoms with Crippen molar-refractivity contribution in [2.75, 3.05) is 6.54 Å². The molecule has 0 radical (unpaired) electrons. The summed E-state index contributed by atoms with van der Waals surface area (Å²) in [4.78, 5) is 15.5. The molecule has 0 aliphatic heterocycles. The number of carbonyl (C=O) groups excluding carboxylic acids is 1. The van der Waals surface area contributed by atoms with Gasteiger partial charge in [-0.2, -0.15) is 0 Å². The molecule has 7 heteroatoms. The van der Waals surface area contributed by atoms with E-state index in [0.717, 1.165) is 0 Å². The largest absolute Gasteiger partial charge is 0.387 e. The Hall–Kier alpha value is -1.56. The number of aromatic nitrogens is 2. The Morgan fingerprint density at radius 2 is 2.25 bits per heavy atom. The van der Waals surface area contributed by atoms with Gasteiger partial charge in [0, 0.05) is 34.5 Å². The second-order valence-corrected chi connectivity index (χ2v) is 5.06. The number of imidazole rings is 1. The summed E-state index contributed by atoms with van der Waals surface area (Å²) in [5, 5.41) is 13.5. The summed E-state index contributed by atoms with van der Waals surface area (Å²) in [6, 6.07) is 4.83. The van der Waals surface area contributed by atoms with Crippen molar-refractivity contribution in [3.8, 4) is 0 Å². The van der Waals surface area contributed by atoms with E-state index in [2.05, 4.69) is 10.3 Å². The quantitative estimate of drug-likeness (QED) is 0.887. The molecule has 2 rings (SSSR count). The van der Waals surface area contributed by atoms with Crippen molar-refractivity contribution in [3.05, 3.63) is 52.5 Å². The van der Waals surface area contributed by atoms with E-state index in [1.54, 1.807) is 41.5 Å². The molecule has 0 spiro atoms. The fourth-order valence-electron chi connectivity index (χ4n) is 1.69. The zero-order chi connectivity index (χ0) is 14.5. The molecule has 0 aliphatic carbocycles. The Morgan fingerprint density at radius 3 is 2.90 bits per heavy atom. The third-order valence-electron chi connectivity index (χ3n) is 2.70. The summed E-state index contributed by atoms with van der Waals surface area (Å²) in [5.74, 6) is -0.216. The van der Waals surface area contributed by atoms with Crippen molar-refractivity contribution < 1.29 is 9.90 Å². The summed E-state index contributed by atoms with van der Waals surface area (Å²) in [6.45, 7) is 0.232. The van der Waals surface area contributed by atoms with Gasteiger partial charge in [-0.3, -0.25) is 4.79 Å². The number of nitrogens with one attached hydrogen (secondary N) is 1. The number of rotatable bonds is 5. The van der Waals surface area contributed by atoms with Crippen LogP contribution in [0.25, 0.3) is 0 Å². The van der Waals surface area contributed by atoms with Crippen LogP contribution >= 0.6 is 23.2 Å². The van der Waals surface area contributed by atoms with Gasteiger partial charge in [-0.1, -0.05) is 29.3 Å². The molecule has 0 aliphatic rings. The van der Waals surface area contributed by atoms with Gasteiger partial charge in [0.25, 0.3) is 0 Å². The van der Waals surface area contributed by atoms with Crippen LogP contribution in [0.2, 0.25) is 10.0 Å². The summed E-state index contributed by atoms with van der Waals surface area (Å²) < 4.78 is 1.64. The van der Waals surface area contributed by atoms with Crippen molar-refractivity contribution in [2.24, 2.45) is 0 Å². The zero-order valence-electron chi connectivity index (χ0n) is 10.5. The highest BCUT2D eigenvalue weighted by atomic mass is 35.5. The second kappa shape index (κ2) is 6.74. The SMILES string of the molecule is O=C(Cn1ccnc1)NCC(O)c1ccc(Cl)cc1Cl. The van der Waals surface area contributed by atoms with E-state index in [-0.39, 0.29) is 19.0 Å². The third-order valence-corrected chi connectivity index (χ3v) is 3.26. The maximum atomic E-state index is 11.7. The average Bonchev–Trinajstić information content (AvgIpc) is 2.89. The molecule has 1 unspecified atom stereocenters. The summed E-state index contributed by atoms with van der Waals surface area (Å²) in [7, 11) is 0. The lowest BCUT2D eigenvalue weighted by atomic mass is 10.1. The zero-order valence-corrected chi connectivity index (χ0v) is 12.0. The van der Waals surface area contributed by atoms with Gasteiger partial charge in [-0.15, -0.1) is 0 Å². The molecule has 0 fully saturated rings. The van der Waals surface area contributed by atoms with E-state index in [1.807, 2.05) is 0 Å². The fourth-order valence-corrected chi connectivity index (χ4v) is 2.23. The van der Waals surface area contributed by atoms with Crippen LogP contribution < -0.4 is 5.32 Å². The Bertz CT molecular complexity index is 587. The van der Waals surface area contributed by atoms with Gasteiger partial charge < -0.3 is 15.0 Å². The van der Waals surface area contributed by atoms with E-state index in [0.29, 0.717) is 15.6 Å². The number of aliphatic hydroxyl groups is 1. The normalized spacial score (nSPS) is 12.2. The van der Waals surface area contributed by atoms with Gasteiger partial charge >= 0.3 is 0 Å². The minimum absolute atomic E-state index is 0.0783. The number of aliphatic hydroxyl groups excluding tert-OH is 1. The molecule has 0 bridgehead atoms. The lowest BCUT2D eigenvalue weighted by molar-refractivity contribution is -0.122. The van der Waals surface area contributed by atoms with Crippen LogP contribution in [0, 0.1) is 0 Å². The first-order valence-corrected chi connectivity index (χ1v) is 6.67. The molecule has 1 atom stereocenters. The van der Waals surface area contributed by atoms with E-state index in [1.165, 1.54) is 0 Å². The topological polar surface area (TPSA) is 67.2 Å². The standard InChI is InChI=1S/C13H13Cl2N3O2/c14-9-1-2-10(11(15)5-9)12(19)6-17-13(20)7-18-4-3-16-8-18/h1-5,8,12,19H,6-7H2,(H,17,20). The van der Waals surface area contributed by atoms with Gasteiger partial charge in [0.05, 0.1) is 12.4 Å². The van der Waals surface area contributed by atoms with Gasteiger partial charge in [0.2, 0.25) is 5.91 Å². The molecule has 2 N–H and O–H groups in total. The molecule has 1 aromatic carbocycles. The molecule has 1 aromatic heterocycles. The molecule has 20 heavy (non-hydrogen) atoms. The van der Waals surface area contributed by atoms with Crippen molar-refractivity contribution in [2.45, 2.75) is 12.6 Å². The molecule has 0 saturated heterocycles. The van der Waals surface area contributed by atoms with E-state index < -0.39 is 6.10 Å². The van der Waals surface area contributed by atoms with Crippen LogP contribution in [0.15, 0.2) is 36.9 Å². The predicted octanol–water partition coefficient (Wildman–Crippen LogP) is 2.04. The first-order chi connectivity index (χ1) is 9.56. The number of hydrogen-bond acceptors (Lipinski definition) is 3. The van der Waals surface area contributed by atoms with Crippen molar-refractivity contribution in [1.29, 1.82) is 0 Å². The van der Waals surface area contributed by atoms with E-state index >= 15 is 0 Å². The van der Waals surface area contributed by atoms with Crippen molar-refractivity contribution >= 4 is 29.1 Å². The highest BCUT2D eigenvalue weighted by Crippen LogP contribution is 2.25. The number of amides is 1. The summed E-state index contributed by atoms with van der Waals surface area (Å²) in [5.41, 5.74) is 0.527. The van der Waals surface area contributed by atoms with Gasteiger partial charge in [-0.05, 0) is 12.1 Å². The molecular weight excluding hydrogens is 301 g/mol.